The molecule has 10 heteroatoms. The van der Waals surface area contributed by atoms with Crippen molar-refractivity contribution in [3.8, 4) is 11.3 Å². The summed E-state index contributed by atoms with van der Waals surface area (Å²) in [4.78, 5) is 69.2. The van der Waals surface area contributed by atoms with E-state index in [1.54, 1.807) is 61.5 Å². The molecule has 44 heavy (non-hydrogen) atoms. The van der Waals surface area contributed by atoms with Gasteiger partial charge in [-0.25, -0.2) is 9.78 Å². The second-order valence-corrected chi connectivity index (χ2v) is 11.4. The Morgan fingerprint density at radius 3 is 2.32 bits per heavy atom. The zero-order chi connectivity index (χ0) is 30.7. The number of rotatable bonds is 7. The fourth-order valence-electron chi connectivity index (χ4n) is 6.70. The molecule has 1 aromatic heterocycles. The number of benzene rings is 3. The van der Waals surface area contributed by atoms with E-state index in [2.05, 4.69) is 12.2 Å². The van der Waals surface area contributed by atoms with E-state index in [4.69, 9.17) is 9.72 Å². The molecule has 1 aliphatic heterocycles. The number of ether oxygens (including phenoxy) is 1. The molecule has 3 aromatic carbocycles. The van der Waals surface area contributed by atoms with Crippen LogP contribution in [0.1, 0.15) is 32.7 Å². The van der Waals surface area contributed by atoms with Gasteiger partial charge in [-0.3, -0.25) is 29.4 Å². The first kappa shape index (κ1) is 27.3. The average Bonchev–Trinajstić information content (AvgIpc) is 3.72. The van der Waals surface area contributed by atoms with Crippen molar-refractivity contribution in [2.24, 2.45) is 23.7 Å². The number of nitro benzene ring substituents is 1. The Balaban J connectivity index is 1.13. The lowest BCUT2D eigenvalue weighted by Gasteiger charge is -2.17. The predicted octanol–water partition coefficient (Wildman–Crippen LogP) is 5.47. The largest absolute Gasteiger partial charge is 0.454 e. The van der Waals surface area contributed by atoms with Crippen molar-refractivity contribution in [2.75, 3.05) is 11.5 Å². The second kappa shape index (κ2) is 10.3. The van der Waals surface area contributed by atoms with Crippen molar-refractivity contribution in [2.45, 2.75) is 13.3 Å². The highest BCUT2D eigenvalue weighted by Gasteiger charge is 2.59. The van der Waals surface area contributed by atoms with Crippen LogP contribution in [0, 0.1) is 40.7 Å². The molecule has 1 saturated carbocycles. The molecular formula is C34H25N3O7. The molecule has 2 aliphatic carbocycles. The van der Waals surface area contributed by atoms with E-state index in [1.165, 1.54) is 23.1 Å². The number of imide groups is 1. The number of hydrogen-bond donors (Lipinski definition) is 0. The summed E-state index contributed by atoms with van der Waals surface area (Å²) in [5, 5.41) is 11.8. The number of fused-ring (bicyclic) bond motifs is 6. The lowest BCUT2D eigenvalue weighted by atomic mass is 9.85. The average molecular weight is 588 g/mol. The fraction of sp³-hybridized carbons (Fsp3) is 0.206. The Morgan fingerprint density at radius 2 is 1.64 bits per heavy atom. The van der Waals surface area contributed by atoms with E-state index in [-0.39, 0.29) is 52.3 Å². The van der Waals surface area contributed by atoms with E-state index in [9.17, 15) is 29.3 Å². The van der Waals surface area contributed by atoms with Crippen LogP contribution >= 0.6 is 0 Å². The molecule has 4 aromatic rings. The molecule has 4 atom stereocenters. The third kappa shape index (κ3) is 4.38. The Kier molecular flexibility index (Phi) is 6.42. The van der Waals surface area contributed by atoms with E-state index in [0.29, 0.717) is 33.4 Å². The van der Waals surface area contributed by atoms with Crippen molar-refractivity contribution in [3.05, 3.63) is 112 Å². The van der Waals surface area contributed by atoms with Crippen LogP contribution in [0.5, 0.6) is 0 Å². The molecule has 0 spiro atoms. The molecule has 2 amide bonds. The second-order valence-electron chi connectivity index (χ2n) is 11.4. The van der Waals surface area contributed by atoms with Crippen LogP contribution in [0.4, 0.5) is 11.4 Å². The van der Waals surface area contributed by atoms with Crippen LogP contribution in [0.2, 0.25) is 0 Å². The van der Waals surface area contributed by atoms with Crippen LogP contribution in [0.15, 0.2) is 84.9 Å². The third-order valence-corrected chi connectivity index (χ3v) is 8.89. The number of carbonyl (C=O) groups is 4. The number of para-hydroxylation sites is 1. The zero-order valence-electron chi connectivity index (χ0n) is 23.5. The number of pyridine rings is 1. The fourth-order valence-corrected chi connectivity index (χ4v) is 6.70. The van der Waals surface area contributed by atoms with Gasteiger partial charge in [-0.1, -0.05) is 54.6 Å². The minimum atomic E-state index is -0.750. The molecule has 3 aliphatic rings. The van der Waals surface area contributed by atoms with Crippen molar-refractivity contribution in [1.82, 2.24) is 4.98 Å². The van der Waals surface area contributed by atoms with Crippen molar-refractivity contribution in [3.63, 3.8) is 0 Å². The Bertz CT molecular complexity index is 1920. The number of hydrogen-bond acceptors (Lipinski definition) is 8. The summed E-state index contributed by atoms with van der Waals surface area (Å²) in [7, 11) is 0. The van der Waals surface area contributed by atoms with E-state index < -0.39 is 23.3 Å². The van der Waals surface area contributed by atoms with Gasteiger partial charge in [0.05, 0.1) is 39.2 Å². The summed E-state index contributed by atoms with van der Waals surface area (Å²) in [6.45, 7) is 0.972. The molecule has 10 nitrogen and oxygen atoms in total. The van der Waals surface area contributed by atoms with Gasteiger partial charge in [0, 0.05) is 28.1 Å². The summed E-state index contributed by atoms with van der Waals surface area (Å²) in [5.41, 5.74) is 2.62. The minimum Gasteiger partial charge on any atom is -0.454 e. The predicted molar refractivity (Wildman–Crippen MR) is 160 cm³/mol. The molecule has 0 radical (unpaired) electrons. The molecule has 2 heterocycles. The van der Waals surface area contributed by atoms with E-state index in [0.717, 1.165) is 6.42 Å². The Hall–Kier alpha value is -5.51. The van der Waals surface area contributed by atoms with E-state index >= 15 is 0 Å². The van der Waals surface area contributed by atoms with Crippen molar-refractivity contribution >= 4 is 45.8 Å². The van der Waals surface area contributed by atoms with Gasteiger partial charge < -0.3 is 4.74 Å². The number of allylic oxidation sites excluding steroid dienone is 2. The summed E-state index contributed by atoms with van der Waals surface area (Å²) in [6.07, 6.45) is 4.98. The van der Waals surface area contributed by atoms with Crippen LogP contribution in [0.25, 0.3) is 22.2 Å². The van der Waals surface area contributed by atoms with Gasteiger partial charge in [-0.15, -0.1) is 0 Å². The first-order chi connectivity index (χ1) is 21.2. The number of anilines is 1. The van der Waals surface area contributed by atoms with Gasteiger partial charge in [0.1, 0.15) is 0 Å². The smallest absolute Gasteiger partial charge is 0.339 e. The first-order valence-electron chi connectivity index (χ1n) is 14.2. The van der Waals surface area contributed by atoms with Crippen LogP contribution in [-0.2, 0) is 14.3 Å². The highest BCUT2D eigenvalue weighted by Crippen LogP contribution is 2.53. The molecule has 2 fully saturated rings. The molecule has 1 saturated heterocycles. The summed E-state index contributed by atoms with van der Waals surface area (Å²) in [5.74, 6) is -1.98. The standard InChI is InChI=1S/C34H25N3O7/c1-18-6-7-20(15-28(18)37(42)43)29(38)17-44-34(41)25-16-27(35-26-5-3-2-4-24(25)26)19-10-12-23(13-11-19)36-32(39)30-21-8-9-22(14-21)31(30)33(36)40/h2-13,15-16,21-22,30-31H,14,17H2,1H3. The summed E-state index contributed by atoms with van der Waals surface area (Å²) >= 11 is 0. The molecule has 7 rings (SSSR count). The number of nitro groups is 1. The molecule has 218 valence electrons. The highest BCUT2D eigenvalue weighted by atomic mass is 16.6. The van der Waals surface area contributed by atoms with Gasteiger partial charge in [0.15, 0.2) is 6.61 Å². The Morgan fingerprint density at radius 1 is 0.955 bits per heavy atom. The Labute approximate surface area is 251 Å². The van der Waals surface area contributed by atoms with Crippen LogP contribution in [-0.4, -0.2) is 40.1 Å². The van der Waals surface area contributed by atoms with Crippen LogP contribution < -0.4 is 4.90 Å². The molecule has 0 N–H and O–H groups in total. The maximum atomic E-state index is 13.3. The number of aromatic nitrogens is 1. The SMILES string of the molecule is Cc1ccc(C(=O)COC(=O)c2cc(-c3ccc(N4C(=O)C5C6C=CC(C6)C5C4=O)cc3)nc3ccccc23)cc1[N+](=O)[O-]. The van der Waals surface area contributed by atoms with Crippen LogP contribution in [0.3, 0.4) is 0 Å². The first-order valence-corrected chi connectivity index (χ1v) is 14.2. The molecule has 4 unspecified atom stereocenters. The van der Waals surface area contributed by atoms with Crippen molar-refractivity contribution in [1.29, 1.82) is 0 Å². The number of esters is 1. The zero-order valence-corrected chi connectivity index (χ0v) is 23.5. The van der Waals surface area contributed by atoms with Gasteiger partial charge in [-0.2, -0.15) is 0 Å². The lowest BCUT2D eigenvalue weighted by Crippen LogP contribution is -2.32. The maximum absolute atomic E-state index is 13.3. The minimum absolute atomic E-state index is 0.0676. The topological polar surface area (TPSA) is 137 Å². The number of amides is 2. The van der Waals surface area contributed by atoms with E-state index in [1.807, 2.05) is 0 Å². The maximum Gasteiger partial charge on any atom is 0.339 e. The summed E-state index contributed by atoms with van der Waals surface area (Å²) in [6, 6.07) is 19.6. The number of nitrogens with zero attached hydrogens (tertiary/aromatic N) is 3. The monoisotopic (exact) mass is 587 g/mol. The number of ketones is 1. The lowest BCUT2D eigenvalue weighted by molar-refractivity contribution is -0.385. The van der Waals surface area contributed by atoms with Gasteiger partial charge in [0.25, 0.3) is 5.69 Å². The number of Topliss-reactive ketones (excluding diaryl/α,β-unsaturated/α-hetero) is 1. The van der Waals surface area contributed by atoms with Crippen molar-refractivity contribution < 1.29 is 28.8 Å². The summed E-state index contributed by atoms with van der Waals surface area (Å²) < 4.78 is 5.37. The third-order valence-electron chi connectivity index (χ3n) is 8.89. The number of carbonyl (C=O) groups excluding carboxylic acids is 4. The normalized spacial score (nSPS) is 21.6. The number of aryl methyl sites for hydroxylation is 1. The van der Waals surface area contributed by atoms with Gasteiger partial charge >= 0.3 is 5.97 Å². The highest BCUT2D eigenvalue weighted by molar-refractivity contribution is 6.22. The quantitative estimate of drug-likeness (QED) is 0.0693. The van der Waals surface area contributed by atoms with Gasteiger partial charge in [-0.05, 0) is 49.4 Å². The molecule has 2 bridgehead atoms. The molecular weight excluding hydrogens is 562 g/mol. The van der Waals surface area contributed by atoms with Gasteiger partial charge in [0.2, 0.25) is 17.6 Å².